The van der Waals surface area contributed by atoms with Gasteiger partial charge in [-0.2, -0.15) is 0 Å². The van der Waals surface area contributed by atoms with E-state index in [-0.39, 0.29) is 5.91 Å². The zero-order valence-electron chi connectivity index (χ0n) is 17.8. The minimum atomic E-state index is -0.0635. The molecular weight excluding hydrogens is 434 g/mol. The number of likely N-dealkylation sites (N-methyl/N-ethyl adjacent to an activating group) is 1. The van der Waals surface area contributed by atoms with Crippen LogP contribution in [0.25, 0.3) is 6.08 Å². The molecule has 1 saturated heterocycles. The van der Waals surface area contributed by atoms with Crippen molar-refractivity contribution < 1.29 is 23.7 Å². The van der Waals surface area contributed by atoms with E-state index in [9.17, 15) is 4.79 Å². The summed E-state index contributed by atoms with van der Waals surface area (Å²) in [5.74, 6) is 2.70. The van der Waals surface area contributed by atoms with Gasteiger partial charge in [0.2, 0.25) is 0 Å². The third-order valence-electron chi connectivity index (χ3n) is 4.42. The summed E-state index contributed by atoms with van der Waals surface area (Å²) < 4.78 is 23.0. The van der Waals surface area contributed by atoms with Crippen molar-refractivity contribution in [2.45, 2.75) is 13.8 Å². The van der Waals surface area contributed by atoms with Crippen LogP contribution in [0, 0.1) is 0 Å². The van der Waals surface area contributed by atoms with Crippen LogP contribution in [0.3, 0.4) is 0 Å². The van der Waals surface area contributed by atoms with Crippen molar-refractivity contribution in [3.63, 3.8) is 0 Å². The molecule has 31 heavy (non-hydrogen) atoms. The van der Waals surface area contributed by atoms with Gasteiger partial charge in [-0.05, 0) is 61.9 Å². The number of amides is 1. The number of thiocarbonyl (C=S) groups is 1. The quantitative estimate of drug-likeness (QED) is 0.288. The van der Waals surface area contributed by atoms with E-state index in [2.05, 4.69) is 0 Å². The normalized spacial score (nSPS) is 14.8. The van der Waals surface area contributed by atoms with Crippen molar-refractivity contribution in [3.05, 3.63) is 52.9 Å². The van der Waals surface area contributed by atoms with Crippen LogP contribution in [0.2, 0.25) is 0 Å². The standard InChI is InChI=1S/C23H25NO5S2/c1-4-24-22(25)21(31-23(24)30)15-16-6-11-19(20(14-16)27-5-2)29-13-12-28-18-9-7-17(26-3)8-10-18/h6-11,14-15H,4-5,12-13H2,1-3H3/b21-15-. The van der Waals surface area contributed by atoms with Crippen molar-refractivity contribution in [2.75, 3.05) is 33.5 Å². The van der Waals surface area contributed by atoms with Gasteiger partial charge in [0.15, 0.2) is 11.5 Å². The third-order valence-corrected chi connectivity index (χ3v) is 5.80. The van der Waals surface area contributed by atoms with E-state index in [1.807, 2.05) is 62.4 Å². The number of nitrogens with zero attached hydrogens (tertiary/aromatic N) is 1. The first-order chi connectivity index (χ1) is 15.0. The third kappa shape index (κ3) is 5.92. The van der Waals surface area contributed by atoms with Crippen LogP contribution in [0.15, 0.2) is 47.4 Å². The predicted molar refractivity (Wildman–Crippen MR) is 127 cm³/mol. The molecule has 3 rings (SSSR count). The lowest BCUT2D eigenvalue weighted by molar-refractivity contribution is -0.121. The molecule has 0 saturated carbocycles. The largest absolute Gasteiger partial charge is 0.497 e. The Bertz CT molecular complexity index is 959. The van der Waals surface area contributed by atoms with E-state index in [0.29, 0.717) is 47.1 Å². The summed E-state index contributed by atoms with van der Waals surface area (Å²) in [5, 5.41) is 0. The van der Waals surface area contributed by atoms with Crippen LogP contribution >= 0.6 is 24.0 Å². The number of hydrogen-bond acceptors (Lipinski definition) is 7. The monoisotopic (exact) mass is 459 g/mol. The molecule has 0 atom stereocenters. The topological polar surface area (TPSA) is 57.2 Å². The molecule has 0 aliphatic carbocycles. The molecule has 1 fully saturated rings. The van der Waals surface area contributed by atoms with Crippen LogP contribution in [0.4, 0.5) is 0 Å². The number of hydrogen-bond donors (Lipinski definition) is 0. The van der Waals surface area contributed by atoms with Crippen molar-refractivity contribution in [1.29, 1.82) is 0 Å². The molecule has 6 nitrogen and oxygen atoms in total. The molecule has 1 aliphatic heterocycles. The number of rotatable bonds is 10. The van der Waals surface area contributed by atoms with Crippen molar-refractivity contribution >= 4 is 40.3 Å². The SMILES string of the molecule is CCOc1cc(/C=C2\SC(=S)N(CC)C2=O)ccc1OCCOc1ccc(OC)cc1. The zero-order chi connectivity index (χ0) is 22.2. The predicted octanol–water partition coefficient (Wildman–Crippen LogP) is 4.77. The number of thioether (sulfide) groups is 1. The van der Waals surface area contributed by atoms with Gasteiger partial charge < -0.3 is 18.9 Å². The Morgan fingerprint density at radius 3 is 2.32 bits per heavy atom. The van der Waals surface area contributed by atoms with Crippen LogP contribution in [0.5, 0.6) is 23.0 Å². The van der Waals surface area contributed by atoms with Crippen molar-refractivity contribution in [1.82, 2.24) is 4.90 Å². The number of carbonyl (C=O) groups excluding carboxylic acids is 1. The van der Waals surface area contributed by atoms with Crippen LogP contribution in [-0.2, 0) is 4.79 Å². The lowest BCUT2D eigenvalue weighted by Gasteiger charge is -2.13. The summed E-state index contributed by atoms with van der Waals surface area (Å²) in [6.07, 6.45) is 1.83. The van der Waals surface area contributed by atoms with Crippen molar-refractivity contribution in [3.8, 4) is 23.0 Å². The maximum absolute atomic E-state index is 12.4. The molecule has 1 heterocycles. The van der Waals surface area contributed by atoms with Crippen LogP contribution in [0.1, 0.15) is 19.4 Å². The minimum Gasteiger partial charge on any atom is -0.497 e. The highest BCUT2D eigenvalue weighted by molar-refractivity contribution is 8.26. The minimum absolute atomic E-state index is 0.0635. The van der Waals surface area contributed by atoms with E-state index in [0.717, 1.165) is 17.1 Å². The summed E-state index contributed by atoms with van der Waals surface area (Å²) >= 11 is 6.58. The summed E-state index contributed by atoms with van der Waals surface area (Å²) in [5.41, 5.74) is 0.849. The molecule has 8 heteroatoms. The highest BCUT2D eigenvalue weighted by Crippen LogP contribution is 2.34. The first-order valence-corrected chi connectivity index (χ1v) is 11.2. The fourth-order valence-electron chi connectivity index (χ4n) is 2.91. The summed E-state index contributed by atoms with van der Waals surface area (Å²) in [6, 6.07) is 13.0. The summed E-state index contributed by atoms with van der Waals surface area (Å²) in [7, 11) is 1.63. The van der Waals surface area contributed by atoms with Gasteiger partial charge in [0.25, 0.3) is 5.91 Å². The molecular formula is C23H25NO5S2. The van der Waals surface area contributed by atoms with E-state index in [4.69, 9.17) is 31.2 Å². The highest BCUT2D eigenvalue weighted by atomic mass is 32.2. The van der Waals surface area contributed by atoms with Crippen molar-refractivity contribution in [2.24, 2.45) is 0 Å². The van der Waals surface area contributed by atoms with E-state index in [1.165, 1.54) is 11.8 Å². The Morgan fingerprint density at radius 2 is 1.68 bits per heavy atom. The Labute approximate surface area is 192 Å². The highest BCUT2D eigenvalue weighted by Gasteiger charge is 2.30. The number of ether oxygens (including phenoxy) is 4. The average Bonchev–Trinajstić information content (AvgIpc) is 3.05. The second-order valence-electron chi connectivity index (χ2n) is 6.44. The van der Waals surface area contributed by atoms with E-state index in [1.54, 1.807) is 12.0 Å². The molecule has 0 unspecified atom stereocenters. The van der Waals surface area contributed by atoms with Gasteiger partial charge in [0.1, 0.15) is 29.0 Å². The average molecular weight is 460 g/mol. The lowest BCUT2D eigenvalue weighted by Crippen LogP contribution is -2.27. The maximum Gasteiger partial charge on any atom is 0.266 e. The maximum atomic E-state index is 12.4. The fraction of sp³-hybridized carbons (Fsp3) is 0.304. The molecule has 2 aromatic carbocycles. The van der Waals surface area contributed by atoms with E-state index >= 15 is 0 Å². The number of benzene rings is 2. The second-order valence-corrected chi connectivity index (χ2v) is 8.11. The zero-order valence-corrected chi connectivity index (χ0v) is 19.4. The van der Waals surface area contributed by atoms with Gasteiger partial charge in [-0.15, -0.1) is 0 Å². The Balaban J connectivity index is 1.62. The molecule has 0 N–H and O–H groups in total. The molecule has 0 bridgehead atoms. The van der Waals surface area contributed by atoms with E-state index < -0.39 is 0 Å². The van der Waals surface area contributed by atoms with Gasteiger partial charge >= 0.3 is 0 Å². The molecule has 0 aromatic heterocycles. The van der Waals surface area contributed by atoms with Gasteiger partial charge in [-0.1, -0.05) is 30.0 Å². The Morgan fingerprint density at radius 1 is 0.968 bits per heavy atom. The summed E-state index contributed by atoms with van der Waals surface area (Å²) in [6.45, 7) is 5.64. The Hall–Kier alpha value is -2.71. The Kier molecular flexibility index (Phi) is 8.20. The molecule has 0 spiro atoms. The first-order valence-electron chi connectivity index (χ1n) is 9.97. The van der Waals surface area contributed by atoms with Gasteiger partial charge in [-0.3, -0.25) is 9.69 Å². The molecule has 1 aliphatic rings. The molecule has 164 valence electrons. The van der Waals surface area contributed by atoms with Gasteiger partial charge in [0, 0.05) is 6.54 Å². The smallest absolute Gasteiger partial charge is 0.266 e. The fourth-order valence-corrected chi connectivity index (χ4v) is 4.29. The van der Waals surface area contributed by atoms with Crippen LogP contribution in [-0.4, -0.2) is 48.6 Å². The molecule has 2 aromatic rings. The number of methoxy groups -OCH3 is 1. The first kappa shape index (κ1) is 23.0. The number of carbonyl (C=O) groups is 1. The summed E-state index contributed by atoms with van der Waals surface area (Å²) in [4.78, 5) is 14.6. The molecule has 0 radical (unpaired) electrons. The van der Waals surface area contributed by atoms with Gasteiger partial charge in [0.05, 0.1) is 18.6 Å². The van der Waals surface area contributed by atoms with Gasteiger partial charge in [-0.25, -0.2) is 0 Å². The lowest BCUT2D eigenvalue weighted by atomic mass is 10.2. The second kappa shape index (κ2) is 11.1. The van der Waals surface area contributed by atoms with Crippen LogP contribution < -0.4 is 18.9 Å². The molecule has 1 amide bonds.